The van der Waals surface area contributed by atoms with Crippen LogP contribution in [-0.2, 0) is 20.9 Å². The van der Waals surface area contributed by atoms with Crippen molar-refractivity contribution >= 4 is 29.1 Å². The molecule has 0 bridgehead atoms. The van der Waals surface area contributed by atoms with Gasteiger partial charge < -0.3 is 10.6 Å². The summed E-state index contributed by atoms with van der Waals surface area (Å²) < 4.78 is 0. The molecule has 162 valence electrons. The zero-order chi connectivity index (χ0) is 21.8. The Bertz CT molecular complexity index is 937. The molecule has 0 aliphatic carbocycles. The van der Waals surface area contributed by atoms with Crippen LogP contribution >= 0.6 is 0 Å². The highest BCUT2D eigenvalue weighted by atomic mass is 16.2. The highest BCUT2D eigenvalue weighted by Gasteiger charge is 2.40. The number of imide groups is 1. The number of likely N-dealkylation sites (tertiary alicyclic amines) is 1. The summed E-state index contributed by atoms with van der Waals surface area (Å²) in [4.78, 5) is 40.3. The molecule has 2 saturated heterocycles. The van der Waals surface area contributed by atoms with E-state index in [1.165, 1.54) is 17.4 Å². The summed E-state index contributed by atoms with van der Waals surface area (Å²) in [7, 11) is 0. The van der Waals surface area contributed by atoms with E-state index in [1.807, 2.05) is 6.07 Å². The number of nitrogens with one attached hydrogen (secondary N) is 2. The smallest absolute Gasteiger partial charge is 0.251 e. The molecule has 7 nitrogen and oxygen atoms in total. The number of piperidine rings is 1. The van der Waals surface area contributed by atoms with Crippen molar-refractivity contribution < 1.29 is 14.4 Å². The Morgan fingerprint density at radius 1 is 1.00 bits per heavy atom. The zero-order valence-corrected chi connectivity index (χ0v) is 17.7. The minimum absolute atomic E-state index is 0.167. The Kier molecular flexibility index (Phi) is 6.44. The summed E-state index contributed by atoms with van der Waals surface area (Å²) in [5, 5.41) is 6.11. The monoisotopic (exact) mass is 420 g/mol. The largest absolute Gasteiger partial charge is 0.326 e. The summed E-state index contributed by atoms with van der Waals surface area (Å²) >= 11 is 0. The molecule has 2 N–H and O–H groups in total. The van der Waals surface area contributed by atoms with Crippen molar-refractivity contribution in [1.29, 1.82) is 0 Å². The first-order chi connectivity index (χ1) is 15.0. The molecule has 0 spiro atoms. The molecule has 7 heteroatoms. The van der Waals surface area contributed by atoms with Crippen molar-refractivity contribution in [3.8, 4) is 0 Å². The van der Waals surface area contributed by atoms with Crippen molar-refractivity contribution in [2.75, 3.05) is 23.3 Å². The van der Waals surface area contributed by atoms with Crippen LogP contribution in [0.4, 0.5) is 11.4 Å². The third-order valence-electron chi connectivity index (χ3n) is 5.87. The highest BCUT2D eigenvalue weighted by molar-refractivity contribution is 6.22. The van der Waals surface area contributed by atoms with Crippen LogP contribution < -0.4 is 15.5 Å². The lowest BCUT2D eigenvalue weighted by Gasteiger charge is -2.33. The maximum atomic E-state index is 12.9. The maximum Gasteiger partial charge on any atom is 0.251 e. The van der Waals surface area contributed by atoms with Crippen molar-refractivity contribution in [2.24, 2.45) is 0 Å². The second kappa shape index (κ2) is 9.41. The first-order valence-electron chi connectivity index (χ1n) is 10.8. The van der Waals surface area contributed by atoms with E-state index in [2.05, 4.69) is 39.8 Å². The van der Waals surface area contributed by atoms with Crippen LogP contribution in [0.2, 0.25) is 0 Å². The zero-order valence-electron chi connectivity index (χ0n) is 17.7. The summed E-state index contributed by atoms with van der Waals surface area (Å²) in [6, 6.07) is 17.0. The number of benzene rings is 2. The fraction of sp³-hybridized carbons (Fsp3) is 0.375. The Labute approximate surface area is 182 Å². The van der Waals surface area contributed by atoms with Gasteiger partial charge in [-0.3, -0.25) is 19.3 Å². The predicted molar refractivity (Wildman–Crippen MR) is 120 cm³/mol. The fourth-order valence-corrected chi connectivity index (χ4v) is 4.31. The van der Waals surface area contributed by atoms with Gasteiger partial charge in [0.25, 0.3) is 5.91 Å². The number of nitrogens with zero attached hydrogens (tertiary/aromatic N) is 2. The number of anilines is 2. The molecule has 2 aromatic carbocycles. The van der Waals surface area contributed by atoms with Crippen molar-refractivity contribution in [3.63, 3.8) is 0 Å². The Morgan fingerprint density at radius 2 is 1.68 bits per heavy atom. The summed E-state index contributed by atoms with van der Waals surface area (Å²) in [5.74, 6) is -0.569. The van der Waals surface area contributed by atoms with E-state index in [9.17, 15) is 14.4 Å². The van der Waals surface area contributed by atoms with Gasteiger partial charge in [-0.15, -0.1) is 0 Å². The number of amides is 3. The summed E-state index contributed by atoms with van der Waals surface area (Å²) in [6.07, 6.45) is 2.09. The second-order valence-corrected chi connectivity index (χ2v) is 8.25. The summed E-state index contributed by atoms with van der Waals surface area (Å²) in [6.45, 7) is 4.31. The number of hydrogen-bond acceptors (Lipinski definition) is 5. The molecule has 1 atom stereocenters. The van der Waals surface area contributed by atoms with Gasteiger partial charge in [0.15, 0.2) is 0 Å². The molecule has 2 fully saturated rings. The quantitative estimate of drug-likeness (QED) is 0.702. The minimum atomic E-state index is -0.479. The van der Waals surface area contributed by atoms with Crippen LogP contribution in [0.15, 0.2) is 54.6 Å². The lowest BCUT2D eigenvalue weighted by molar-refractivity contribution is -0.122. The van der Waals surface area contributed by atoms with E-state index in [1.54, 1.807) is 24.3 Å². The van der Waals surface area contributed by atoms with Crippen LogP contribution in [0.5, 0.6) is 0 Å². The van der Waals surface area contributed by atoms with Crippen molar-refractivity contribution in [2.45, 2.75) is 44.8 Å². The van der Waals surface area contributed by atoms with Crippen LogP contribution in [-0.4, -0.2) is 47.8 Å². The van der Waals surface area contributed by atoms with Crippen molar-refractivity contribution in [1.82, 2.24) is 10.2 Å². The molecule has 2 heterocycles. The van der Waals surface area contributed by atoms with E-state index in [0.29, 0.717) is 11.4 Å². The van der Waals surface area contributed by atoms with E-state index >= 15 is 0 Å². The van der Waals surface area contributed by atoms with Gasteiger partial charge in [0.1, 0.15) is 0 Å². The van der Waals surface area contributed by atoms with Gasteiger partial charge in [0.2, 0.25) is 11.8 Å². The Balaban J connectivity index is 1.31. The lowest BCUT2D eigenvalue weighted by atomic mass is 10.0. The molecule has 0 unspecified atom stereocenters. The Morgan fingerprint density at radius 3 is 2.32 bits per heavy atom. The average molecular weight is 421 g/mol. The van der Waals surface area contributed by atoms with Gasteiger partial charge >= 0.3 is 0 Å². The van der Waals surface area contributed by atoms with E-state index < -0.39 is 6.04 Å². The molecule has 0 saturated carbocycles. The number of carbonyl (C=O) groups excluding carboxylic acids is 3. The maximum absolute atomic E-state index is 12.9. The van der Waals surface area contributed by atoms with E-state index in [-0.39, 0.29) is 30.2 Å². The second-order valence-electron chi connectivity index (χ2n) is 8.25. The molecule has 0 aromatic heterocycles. The van der Waals surface area contributed by atoms with E-state index in [0.717, 1.165) is 32.5 Å². The molecular formula is C24H28N4O3. The fourth-order valence-electron chi connectivity index (χ4n) is 4.31. The molecule has 2 aliphatic heterocycles. The third-order valence-corrected chi connectivity index (χ3v) is 5.87. The molecule has 31 heavy (non-hydrogen) atoms. The molecule has 2 aliphatic rings. The standard InChI is InChI=1S/C24H28N4O3/c1-17(29)25-19-7-9-21(10-8-19)28-23(30)15-22(24(28)31)26-20-11-13-27(14-12-20)16-18-5-3-2-4-6-18/h2-10,20,22,26H,11-16H2,1H3,(H,25,29)/t22-/m1/s1. The third kappa shape index (κ3) is 5.18. The van der Waals surface area contributed by atoms with Gasteiger partial charge in [-0.2, -0.15) is 0 Å². The number of rotatable bonds is 6. The van der Waals surface area contributed by atoms with Gasteiger partial charge in [0.05, 0.1) is 18.2 Å². The van der Waals surface area contributed by atoms with Crippen LogP contribution in [0.1, 0.15) is 31.7 Å². The molecule has 4 rings (SSSR count). The molecular weight excluding hydrogens is 392 g/mol. The number of carbonyl (C=O) groups is 3. The Hall–Kier alpha value is -3.03. The molecule has 0 radical (unpaired) electrons. The molecule has 2 aromatic rings. The average Bonchev–Trinajstić information content (AvgIpc) is 3.03. The van der Waals surface area contributed by atoms with Crippen LogP contribution in [0.3, 0.4) is 0 Å². The van der Waals surface area contributed by atoms with Gasteiger partial charge in [-0.25, -0.2) is 4.90 Å². The first-order valence-corrected chi connectivity index (χ1v) is 10.8. The van der Waals surface area contributed by atoms with Gasteiger partial charge in [-0.05, 0) is 55.8 Å². The SMILES string of the molecule is CC(=O)Nc1ccc(N2C(=O)C[C@@H](NC3CCN(Cc4ccccc4)CC3)C2=O)cc1. The van der Waals surface area contributed by atoms with E-state index in [4.69, 9.17) is 0 Å². The van der Waals surface area contributed by atoms with Gasteiger partial charge in [-0.1, -0.05) is 30.3 Å². The predicted octanol–water partition coefficient (Wildman–Crippen LogP) is 2.53. The minimum Gasteiger partial charge on any atom is -0.326 e. The van der Waals surface area contributed by atoms with Crippen molar-refractivity contribution in [3.05, 3.63) is 60.2 Å². The topological polar surface area (TPSA) is 81.8 Å². The highest BCUT2D eigenvalue weighted by Crippen LogP contribution is 2.25. The number of hydrogen-bond donors (Lipinski definition) is 2. The van der Waals surface area contributed by atoms with Crippen LogP contribution in [0, 0.1) is 0 Å². The van der Waals surface area contributed by atoms with Crippen LogP contribution in [0.25, 0.3) is 0 Å². The molecule has 3 amide bonds. The normalized spacial score (nSPS) is 20.3. The first kappa shape index (κ1) is 21.2. The van der Waals surface area contributed by atoms with Gasteiger partial charge in [0, 0.05) is 25.2 Å². The lowest BCUT2D eigenvalue weighted by Crippen LogP contribution is -2.48. The summed E-state index contributed by atoms with van der Waals surface area (Å²) in [5.41, 5.74) is 2.48.